The van der Waals surface area contributed by atoms with Gasteiger partial charge in [-0.3, -0.25) is 4.90 Å². The lowest BCUT2D eigenvalue weighted by atomic mass is 9.94. The van der Waals surface area contributed by atoms with Gasteiger partial charge in [0.05, 0.1) is 6.61 Å². The summed E-state index contributed by atoms with van der Waals surface area (Å²) < 4.78 is 0. The Morgan fingerprint density at radius 1 is 0.944 bits per heavy atom. The number of aliphatic hydroxyl groups excluding tert-OH is 1. The number of hydrogen-bond acceptors (Lipinski definition) is 3. The molecule has 0 aromatic heterocycles. The van der Waals surface area contributed by atoms with E-state index in [4.69, 9.17) is 0 Å². The van der Waals surface area contributed by atoms with Crippen LogP contribution in [0.4, 0.5) is 0 Å². The SMILES string of the molecule is OCCN(CCCN1CCCC1)C1CCCCC1. The van der Waals surface area contributed by atoms with Crippen molar-refractivity contribution in [3.8, 4) is 0 Å². The molecule has 0 radical (unpaired) electrons. The monoisotopic (exact) mass is 254 g/mol. The number of rotatable bonds is 7. The second kappa shape index (κ2) is 8.13. The van der Waals surface area contributed by atoms with E-state index in [0.29, 0.717) is 6.61 Å². The number of aliphatic hydroxyl groups is 1. The van der Waals surface area contributed by atoms with Crippen molar-refractivity contribution in [3.05, 3.63) is 0 Å². The van der Waals surface area contributed by atoms with E-state index in [1.807, 2.05) is 0 Å². The molecule has 0 aromatic carbocycles. The molecule has 2 aliphatic rings. The molecule has 0 amide bonds. The number of nitrogens with zero attached hydrogens (tertiary/aromatic N) is 2. The van der Waals surface area contributed by atoms with Crippen LogP contribution in [0, 0.1) is 0 Å². The highest BCUT2D eigenvalue weighted by Crippen LogP contribution is 2.22. The molecule has 2 fully saturated rings. The van der Waals surface area contributed by atoms with Crippen LogP contribution in [-0.2, 0) is 0 Å². The molecule has 3 heteroatoms. The van der Waals surface area contributed by atoms with Crippen molar-refractivity contribution in [1.82, 2.24) is 9.80 Å². The second-order valence-electron chi connectivity index (χ2n) is 5.95. The smallest absolute Gasteiger partial charge is 0.0558 e. The zero-order chi connectivity index (χ0) is 12.6. The summed E-state index contributed by atoms with van der Waals surface area (Å²) in [6, 6.07) is 0.754. The maximum Gasteiger partial charge on any atom is 0.0558 e. The fraction of sp³-hybridized carbons (Fsp3) is 1.00. The second-order valence-corrected chi connectivity index (χ2v) is 5.95. The molecule has 3 nitrogen and oxygen atoms in total. The summed E-state index contributed by atoms with van der Waals surface area (Å²) in [5.41, 5.74) is 0. The van der Waals surface area contributed by atoms with Crippen LogP contribution in [-0.4, -0.2) is 60.3 Å². The van der Waals surface area contributed by atoms with E-state index in [1.54, 1.807) is 0 Å². The van der Waals surface area contributed by atoms with Crippen molar-refractivity contribution >= 4 is 0 Å². The van der Waals surface area contributed by atoms with Crippen molar-refractivity contribution in [2.24, 2.45) is 0 Å². The fourth-order valence-corrected chi connectivity index (χ4v) is 3.56. The predicted octanol–water partition coefficient (Wildman–Crippen LogP) is 2.10. The van der Waals surface area contributed by atoms with Crippen LogP contribution in [0.15, 0.2) is 0 Å². The molecule has 1 aliphatic carbocycles. The Hall–Kier alpha value is -0.120. The van der Waals surface area contributed by atoms with Gasteiger partial charge in [-0.15, -0.1) is 0 Å². The first-order valence-corrected chi connectivity index (χ1v) is 7.97. The van der Waals surface area contributed by atoms with Gasteiger partial charge in [0.1, 0.15) is 0 Å². The van der Waals surface area contributed by atoms with Gasteiger partial charge in [0.15, 0.2) is 0 Å². The number of hydrogen-bond donors (Lipinski definition) is 1. The zero-order valence-electron chi connectivity index (χ0n) is 11.8. The molecule has 106 valence electrons. The molecule has 0 atom stereocenters. The van der Waals surface area contributed by atoms with E-state index < -0.39 is 0 Å². The van der Waals surface area contributed by atoms with Gasteiger partial charge in [0, 0.05) is 12.6 Å². The number of likely N-dealkylation sites (tertiary alicyclic amines) is 1. The van der Waals surface area contributed by atoms with Crippen LogP contribution in [0.25, 0.3) is 0 Å². The van der Waals surface area contributed by atoms with Crippen molar-refractivity contribution in [2.75, 3.05) is 39.3 Å². The fourth-order valence-electron chi connectivity index (χ4n) is 3.56. The maximum atomic E-state index is 9.23. The Bertz CT molecular complexity index is 211. The Labute approximate surface area is 112 Å². The summed E-state index contributed by atoms with van der Waals surface area (Å²) in [6.07, 6.45) is 10.9. The summed E-state index contributed by atoms with van der Waals surface area (Å²) in [5, 5.41) is 9.23. The lowest BCUT2D eigenvalue weighted by molar-refractivity contribution is 0.119. The Kier molecular flexibility index (Phi) is 6.46. The molecule has 2 rings (SSSR count). The highest BCUT2D eigenvalue weighted by Gasteiger charge is 2.20. The molecule has 1 saturated carbocycles. The van der Waals surface area contributed by atoms with Gasteiger partial charge in [-0.05, 0) is 58.3 Å². The van der Waals surface area contributed by atoms with E-state index in [9.17, 15) is 5.11 Å². The van der Waals surface area contributed by atoms with Gasteiger partial charge in [-0.1, -0.05) is 19.3 Å². The minimum absolute atomic E-state index is 0.320. The topological polar surface area (TPSA) is 26.7 Å². The van der Waals surface area contributed by atoms with Crippen molar-refractivity contribution in [1.29, 1.82) is 0 Å². The highest BCUT2D eigenvalue weighted by atomic mass is 16.3. The lowest BCUT2D eigenvalue weighted by Gasteiger charge is -2.34. The standard InChI is InChI=1S/C15H30N2O/c18-14-13-17(15-7-2-1-3-8-15)12-6-11-16-9-4-5-10-16/h15,18H,1-14H2. The zero-order valence-corrected chi connectivity index (χ0v) is 11.8. The van der Waals surface area contributed by atoms with Crippen molar-refractivity contribution in [3.63, 3.8) is 0 Å². The minimum Gasteiger partial charge on any atom is -0.395 e. The molecule has 1 heterocycles. The molecular weight excluding hydrogens is 224 g/mol. The van der Waals surface area contributed by atoms with Crippen LogP contribution in [0.2, 0.25) is 0 Å². The van der Waals surface area contributed by atoms with Crippen LogP contribution in [0.5, 0.6) is 0 Å². The minimum atomic E-state index is 0.320. The third-order valence-electron chi connectivity index (χ3n) is 4.60. The van der Waals surface area contributed by atoms with Gasteiger partial charge >= 0.3 is 0 Å². The van der Waals surface area contributed by atoms with E-state index in [-0.39, 0.29) is 0 Å². The Morgan fingerprint density at radius 2 is 1.67 bits per heavy atom. The normalized spacial score (nSPS) is 23.0. The molecule has 1 aliphatic heterocycles. The molecular formula is C15H30N2O. The van der Waals surface area contributed by atoms with E-state index >= 15 is 0 Å². The van der Waals surface area contributed by atoms with E-state index in [1.165, 1.54) is 77.5 Å². The van der Waals surface area contributed by atoms with Gasteiger partial charge in [-0.2, -0.15) is 0 Å². The van der Waals surface area contributed by atoms with Crippen LogP contribution in [0.3, 0.4) is 0 Å². The molecule has 1 saturated heterocycles. The molecule has 0 bridgehead atoms. The summed E-state index contributed by atoms with van der Waals surface area (Å²) in [5.74, 6) is 0. The summed E-state index contributed by atoms with van der Waals surface area (Å²) >= 11 is 0. The predicted molar refractivity (Wildman–Crippen MR) is 75.8 cm³/mol. The average Bonchev–Trinajstić information content (AvgIpc) is 2.92. The quantitative estimate of drug-likeness (QED) is 0.754. The van der Waals surface area contributed by atoms with Crippen LogP contribution in [0.1, 0.15) is 51.4 Å². The van der Waals surface area contributed by atoms with Gasteiger partial charge in [-0.25, -0.2) is 0 Å². The maximum absolute atomic E-state index is 9.23. The average molecular weight is 254 g/mol. The third-order valence-corrected chi connectivity index (χ3v) is 4.60. The highest BCUT2D eigenvalue weighted by molar-refractivity contribution is 4.76. The molecule has 18 heavy (non-hydrogen) atoms. The van der Waals surface area contributed by atoms with Gasteiger partial charge in [0.25, 0.3) is 0 Å². The first-order valence-electron chi connectivity index (χ1n) is 7.97. The third kappa shape index (κ3) is 4.52. The lowest BCUT2D eigenvalue weighted by Crippen LogP contribution is -2.40. The molecule has 0 spiro atoms. The van der Waals surface area contributed by atoms with Gasteiger partial charge < -0.3 is 10.0 Å². The first-order chi connectivity index (χ1) is 8.90. The van der Waals surface area contributed by atoms with E-state index in [0.717, 1.165) is 12.6 Å². The van der Waals surface area contributed by atoms with Crippen molar-refractivity contribution < 1.29 is 5.11 Å². The summed E-state index contributed by atoms with van der Waals surface area (Å²) in [4.78, 5) is 5.15. The first kappa shape index (κ1) is 14.3. The molecule has 0 unspecified atom stereocenters. The van der Waals surface area contributed by atoms with Crippen LogP contribution >= 0.6 is 0 Å². The largest absolute Gasteiger partial charge is 0.395 e. The Balaban J connectivity index is 1.67. The van der Waals surface area contributed by atoms with Crippen molar-refractivity contribution in [2.45, 2.75) is 57.4 Å². The summed E-state index contributed by atoms with van der Waals surface area (Å²) in [6.45, 7) is 6.26. The molecule has 1 N–H and O–H groups in total. The Morgan fingerprint density at radius 3 is 2.33 bits per heavy atom. The van der Waals surface area contributed by atoms with E-state index in [2.05, 4.69) is 9.80 Å². The summed E-state index contributed by atoms with van der Waals surface area (Å²) in [7, 11) is 0. The van der Waals surface area contributed by atoms with Gasteiger partial charge in [0.2, 0.25) is 0 Å². The van der Waals surface area contributed by atoms with Crippen LogP contribution < -0.4 is 0 Å². The molecule has 0 aromatic rings.